The highest BCUT2D eigenvalue weighted by Crippen LogP contribution is 2.46. The van der Waals surface area contributed by atoms with Crippen LogP contribution in [0.15, 0.2) is 24.8 Å². The molecule has 2 bridgehead atoms. The number of halogens is 1. The van der Waals surface area contributed by atoms with E-state index in [9.17, 15) is 14.3 Å². The Morgan fingerprint density at radius 3 is 2.84 bits per heavy atom. The van der Waals surface area contributed by atoms with Crippen LogP contribution >= 0.6 is 0 Å². The maximum Gasteiger partial charge on any atom is 0.308 e. The Hall–Kier alpha value is -3.63. The number of nitrogens with one attached hydrogen (secondary N) is 2. The lowest BCUT2D eigenvalue weighted by atomic mass is 9.61. The zero-order valence-electron chi connectivity index (χ0n) is 16.4. The summed E-state index contributed by atoms with van der Waals surface area (Å²) in [5.74, 6) is -0.515. The first-order valence-electron chi connectivity index (χ1n) is 10.3. The molecule has 158 valence electrons. The normalized spacial score (nSPS) is 25.3. The van der Waals surface area contributed by atoms with Crippen LogP contribution in [0.3, 0.4) is 0 Å². The average Bonchev–Trinajstić information content (AvgIpc) is 3.41. The predicted molar refractivity (Wildman–Crippen MR) is 108 cm³/mol. The predicted octanol–water partition coefficient (Wildman–Crippen LogP) is 2.50. The van der Waals surface area contributed by atoms with E-state index < -0.39 is 17.7 Å². The number of pyridine rings is 1. The molecule has 0 radical (unpaired) electrons. The van der Waals surface area contributed by atoms with Crippen molar-refractivity contribution in [3.05, 3.63) is 30.6 Å². The van der Waals surface area contributed by atoms with Crippen molar-refractivity contribution in [3.8, 4) is 11.5 Å². The molecule has 0 saturated heterocycles. The van der Waals surface area contributed by atoms with Crippen molar-refractivity contribution in [3.63, 3.8) is 0 Å². The number of fused-ring (bicyclic) bond motifs is 5. The number of H-pyrrole nitrogens is 1. The number of imidazole rings is 1. The van der Waals surface area contributed by atoms with Crippen LogP contribution in [0.2, 0.25) is 0 Å². The van der Waals surface area contributed by atoms with E-state index in [1.807, 2.05) is 0 Å². The highest BCUT2D eigenvalue weighted by molar-refractivity contribution is 5.89. The van der Waals surface area contributed by atoms with Crippen LogP contribution in [-0.2, 0) is 4.79 Å². The third kappa shape index (κ3) is 2.83. The Morgan fingerprint density at radius 2 is 2.03 bits per heavy atom. The maximum absolute atomic E-state index is 13.8. The molecule has 7 rings (SSSR count). The molecule has 2 atom stereocenters. The number of anilines is 1. The van der Waals surface area contributed by atoms with Crippen LogP contribution in [0.4, 0.5) is 10.2 Å². The minimum atomic E-state index is -0.773. The summed E-state index contributed by atoms with van der Waals surface area (Å²) in [6.07, 6.45) is 8.21. The number of carboxylic acid groups (broad SMARTS) is 1. The number of carboxylic acids is 1. The van der Waals surface area contributed by atoms with Crippen molar-refractivity contribution in [2.75, 3.05) is 5.32 Å². The van der Waals surface area contributed by atoms with Crippen molar-refractivity contribution in [2.24, 2.45) is 17.8 Å². The molecule has 0 unspecified atom stereocenters. The molecule has 31 heavy (non-hydrogen) atoms. The third-order valence-corrected chi connectivity index (χ3v) is 6.68. The van der Waals surface area contributed by atoms with Gasteiger partial charge in [0.1, 0.15) is 23.4 Å². The van der Waals surface area contributed by atoms with Gasteiger partial charge in [0, 0.05) is 6.04 Å². The van der Waals surface area contributed by atoms with E-state index in [4.69, 9.17) is 0 Å². The monoisotopic (exact) mass is 422 g/mol. The number of hydrogen-bond acceptors (Lipinski definition) is 7. The molecule has 3 saturated carbocycles. The first kappa shape index (κ1) is 18.2. The van der Waals surface area contributed by atoms with Crippen molar-refractivity contribution < 1.29 is 14.3 Å². The van der Waals surface area contributed by atoms with Gasteiger partial charge in [-0.2, -0.15) is 5.10 Å². The lowest BCUT2D eigenvalue weighted by Gasteiger charge is -2.47. The van der Waals surface area contributed by atoms with E-state index in [-0.39, 0.29) is 23.7 Å². The number of hydrogen-bond donors (Lipinski definition) is 3. The highest BCUT2D eigenvalue weighted by atomic mass is 19.1. The zero-order chi connectivity index (χ0) is 21.1. The fourth-order valence-electron chi connectivity index (χ4n) is 5.25. The van der Waals surface area contributed by atoms with Gasteiger partial charge in [-0.05, 0) is 43.6 Å². The van der Waals surface area contributed by atoms with Gasteiger partial charge in [-0.25, -0.2) is 23.9 Å². The van der Waals surface area contributed by atoms with Gasteiger partial charge in [-0.15, -0.1) is 5.10 Å². The van der Waals surface area contributed by atoms with Crippen LogP contribution in [0, 0.1) is 23.6 Å². The molecule has 4 aromatic heterocycles. The molecule has 10 nitrogen and oxygen atoms in total. The van der Waals surface area contributed by atoms with E-state index in [1.54, 1.807) is 17.0 Å². The van der Waals surface area contributed by atoms with Gasteiger partial charge < -0.3 is 10.4 Å². The molecule has 0 aromatic carbocycles. The second kappa shape index (κ2) is 6.69. The van der Waals surface area contributed by atoms with Crippen LogP contribution in [0.5, 0.6) is 0 Å². The second-order valence-corrected chi connectivity index (χ2v) is 8.34. The number of aromatic amines is 1. The van der Waals surface area contributed by atoms with E-state index in [0.717, 1.165) is 31.9 Å². The van der Waals surface area contributed by atoms with Crippen molar-refractivity contribution >= 4 is 28.3 Å². The topological polar surface area (TPSA) is 134 Å². The quantitative estimate of drug-likeness (QED) is 0.457. The van der Waals surface area contributed by atoms with E-state index in [0.29, 0.717) is 28.1 Å². The molecule has 11 heteroatoms. The van der Waals surface area contributed by atoms with E-state index in [2.05, 4.69) is 35.6 Å². The summed E-state index contributed by atoms with van der Waals surface area (Å²) in [5, 5.41) is 25.2. The molecule has 3 N–H and O–H groups in total. The summed E-state index contributed by atoms with van der Waals surface area (Å²) in [7, 11) is 0. The summed E-state index contributed by atoms with van der Waals surface area (Å²) >= 11 is 0. The molecule has 4 heterocycles. The summed E-state index contributed by atoms with van der Waals surface area (Å²) in [5.41, 5.74) is 1.43. The molecule has 0 spiro atoms. The first-order chi connectivity index (χ1) is 15.1. The smallest absolute Gasteiger partial charge is 0.308 e. The first-order valence-corrected chi connectivity index (χ1v) is 10.3. The molecule has 3 aliphatic rings. The van der Waals surface area contributed by atoms with Gasteiger partial charge in [-0.3, -0.25) is 9.89 Å². The maximum atomic E-state index is 13.8. The minimum absolute atomic E-state index is 0.173. The SMILES string of the molecule is O=C(O)[C@H]1C2CCC(CC2)[C@@H]1Nc1nc(-c2n[nH]c3ncc(F)cc23)nn2cncc12. The summed E-state index contributed by atoms with van der Waals surface area (Å²) < 4.78 is 15.3. The Labute approximate surface area is 174 Å². The third-order valence-electron chi connectivity index (χ3n) is 6.68. The number of aromatic nitrogens is 7. The Morgan fingerprint density at radius 1 is 1.23 bits per heavy atom. The van der Waals surface area contributed by atoms with Crippen molar-refractivity contribution in [2.45, 2.75) is 31.7 Å². The highest BCUT2D eigenvalue weighted by Gasteiger charge is 2.47. The van der Waals surface area contributed by atoms with Gasteiger partial charge in [0.15, 0.2) is 11.5 Å². The van der Waals surface area contributed by atoms with Gasteiger partial charge >= 0.3 is 5.97 Å². The Bertz CT molecular complexity index is 1310. The van der Waals surface area contributed by atoms with Gasteiger partial charge in [0.25, 0.3) is 0 Å². The van der Waals surface area contributed by atoms with Gasteiger partial charge in [0.2, 0.25) is 5.82 Å². The number of nitrogens with zero attached hydrogens (tertiary/aromatic N) is 6. The molecule has 0 aliphatic heterocycles. The fourth-order valence-corrected chi connectivity index (χ4v) is 5.25. The van der Waals surface area contributed by atoms with Gasteiger partial charge in [-0.1, -0.05) is 0 Å². The minimum Gasteiger partial charge on any atom is -0.481 e. The summed E-state index contributed by atoms with van der Waals surface area (Å²) in [6.45, 7) is 0. The second-order valence-electron chi connectivity index (χ2n) is 8.34. The summed E-state index contributed by atoms with van der Waals surface area (Å²) in [4.78, 5) is 24.9. The average molecular weight is 422 g/mol. The number of rotatable bonds is 4. The van der Waals surface area contributed by atoms with Crippen molar-refractivity contribution in [1.82, 2.24) is 34.8 Å². The van der Waals surface area contributed by atoms with Crippen molar-refractivity contribution in [1.29, 1.82) is 0 Å². The Kier molecular flexibility index (Phi) is 3.92. The molecular formula is C20H19FN8O2. The van der Waals surface area contributed by atoms with Crippen LogP contribution in [0.25, 0.3) is 28.1 Å². The standard InChI is InChI=1S/C20H19FN8O2/c21-11-5-12-16(26-27-17(12)23-6-11)19-25-18(13-7-22-8-29(13)28-19)24-15-10-3-1-9(2-4-10)14(15)20(30)31/h5-10,14-15H,1-4H2,(H,30,31)(H,23,26,27)(H,24,25,28)/t9?,10?,14-,15-/m0/s1. The molecular weight excluding hydrogens is 403 g/mol. The fraction of sp³-hybridized carbons (Fsp3) is 0.400. The van der Waals surface area contributed by atoms with Crippen LogP contribution in [-0.4, -0.2) is 51.9 Å². The largest absolute Gasteiger partial charge is 0.481 e. The number of aliphatic carboxylic acids is 1. The molecule has 3 fully saturated rings. The van der Waals surface area contributed by atoms with Crippen LogP contribution in [0.1, 0.15) is 25.7 Å². The lowest BCUT2D eigenvalue weighted by molar-refractivity contribution is -0.148. The van der Waals surface area contributed by atoms with E-state index >= 15 is 0 Å². The summed E-state index contributed by atoms with van der Waals surface area (Å²) in [6, 6.07) is 1.11. The molecule has 4 aromatic rings. The zero-order valence-corrected chi connectivity index (χ0v) is 16.4. The molecule has 0 amide bonds. The van der Waals surface area contributed by atoms with Gasteiger partial charge in [0.05, 0.1) is 23.7 Å². The Balaban J connectivity index is 1.46. The van der Waals surface area contributed by atoms with E-state index in [1.165, 1.54) is 6.07 Å². The lowest BCUT2D eigenvalue weighted by Crippen LogP contribution is -2.51. The molecule has 3 aliphatic carbocycles. The number of carbonyl (C=O) groups is 1. The van der Waals surface area contributed by atoms with Crippen LogP contribution < -0.4 is 5.32 Å².